The van der Waals surface area contributed by atoms with Crippen LogP contribution in [0.2, 0.25) is 0 Å². The van der Waals surface area contributed by atoms with E-state index in [1.807, 2.05) is 0 Å². The topological polar surface area (TPSA) is 0 Å². The van der Waals surface area contributed by atoms with Crippen molar-refractivity contribution in [3.63, 3.8) is 0 Å². The molecule has 0 aliphatic carbocycles. The largest absolute Gasteiger partial charge is 0.107 e. The van der Waals surface area contributed by atoms with Crippen molar-refractivity contribution in [2.24, 2.45) is 0 Å². The van der Waals surface area contributed by atoms with Gasteiger partial charge in [-0.05, 0) is 19.5 Å². The highest BCUT2D eigenvalue weighted by Gasteiger charge is 0.988. The molecule has 0 aliphatic heterocycles. The fraction of sp³-hybridized carbons (Fsp3) is 0. The number of hydrogen-bond donors (Lipinski definition) is 0. The Labute approximate surface area is 159 Å². The summed E-state index contributed by atoms with van der Waals surface area (Å²) in [6.45, 7) is 0. The van der Waals surface area contributed by atoms with Gasteiger partial charge in [-0.15, -0.1) is 144 Å². The van der Waals surface area contributed by atoms with Crippen molar-refractivity contribution in [1.29, 1.82) is 0 Å². The van der Waals surface area contributed by atoms with Crippen LogP contribution in [-0.2, 0) is 0 Å². The summed E-state index contributed by atoms with van der Waals surface area (Å²) in [6.07, 6.45) is 0. The van der Waals surface area contributed by atoms with Crippen LogP contribution in [0.25, 0.3) is 0 Å². The van der Waals surface area contributed by atoms with Crippen LogP contribution in [0.4, 0.5) is 0 Å². The molecule has 8 heavy (non-hydrogen) atoms. The van der Waals surface area contributed by atoms with E-state index in [-0.39, 0.29) is 144 Å². The minimum absolute atomic E-state index is 0. The molecule has 62 valence electrons. The summed E-state index contributed by atoms with van der Waals surface area (Å²) in [5, 5.41) is 0. The summed E-state index contributed by atoms with van der Waals surface area (Å²) in [5.41, 5.74) is 0. The van der Waals surface area contributed by atoms with Gasteiger partial charge in [0.25, 0.3) is 0 Å². The van der Waals surface area contributed by atoms with E-state index < -0.39 is 0 Å². The lowest BCUT2D eigenvalue weighted by atomic mass is 27.1. The van der Waals surface area contributed by atoms with Gasteiger partial charge in [0.05, 0.1) is 0 Å². The lowest BCUT2D eigenvalue weighted by Crippen LogP contribution is -1.38. The van der Waals surface area contributed by atoms with Crippen LogP contribution in [0.1, 0.15) is 0 Å². The predicted molar refractivity (Wildman–Crippen MR) is 112 cm³/mol. The van der Waals surface area contributed by atoms with Crippen LogP contribution in [-0.4, -0.2) is 19.5 Å². The Hall–Kier alpha value is 4.81. The van der Waals surface area contributed by atoms with Gasteiger partial charge in [-0.1, -0.05) is 0 Å². The van der Waals surface area contributed by atoms with Gasteiger partial charge in [0.2, 0.25) is 0 Å². The van der Waals surface area contributed by atoms with E-state index in [9.17, 15) is 0 Å². The van der Waals surface area contributed by atoms with E-state index in [1.165, 1.54) is 19.5 Å². The summed E-state index contributed by atoms with van der Waals surface area (Å²) in [5.74, 6) is 0. The molecule has 8 heteroatoms. The number of hydrogen-bond acceptors (Lipinski definition) is 0. The van der Waals surface area contributed by atoms with Crippen molar-refractivity contribution in [2.45, 2.75) is 0 Å². The third kappa shape index (κ3) is 44.9. The third-order valence-corrected chi connectivity index (χ3v) is 0. The first kappa shape index (κ1) is 52.9. The fourth-order valence-corrected chi connectivity index (χ4v) is 0. The van der Waals surface area contributed by atoms with Crippen molar-refractivity contribution in [3.8, 4) is 0 Å². The summed E-state index contributed by atoms with van der Waals surface area (Å²) >= 11 is 0. The monoisotopic (exact) mass is 829 g/mol. The second-order valence-corrected chi connectivity index (χ2v) is 0. The first-order chi connectivity index (χ1) is 1.00. The molecule has 0 spiro atoms. The van der Waals surface area contributed by atoms with Crippen LogP contribution in [0.5, 0.6) is 0 Å². The SMILES string of the molecule is I.I.I.I.I.I.[SiH3][SiH3]. The third-order valence-electron chi connectivity index (χ3n) is 0. The van der Waals surface area contributed by atoms with Crippen molar-refractivity contribution in [2.75, 3.05) is 0 Å². The Morgan fingerprint density at radius 1 is 0.375 bits per heavy atom. The van der Waals surface area contributed by atoms with E-state index >= 15 is 0 Å². The van der Waals surface area contributed by atoms with Gasteiger partial charge in [0.1, 0.15) is 0 Å². The molecule has 0 aromatic carbocycles. The average molecular weight is 830 g/mol. The molecule has 0 amide bonds. The Kier molecular flexibility index (Phi) is 394. The van der Waals surface area contributed by atoms with E-state index in [0.717, 1.165) is 0 Å². The summed E-state index contributed by atoms with van der Waals surface area (Å²) in [4.78, 5) is 0. The van der Waals surface area contributed by atoms with Crippen molar-refractivity contribution >= 4 is 163 Å². The predicted octanol–water partition coefficient (Wildman–Crippen LogP) is 1.34. The van der Waals surface area contributed by atoms with E-state index in [4.69, 9.17) is 0 Å². The van der Waals surface area contributed by atoms with Crippen molar-refractivity contribution in [1.82, 2.24) is 0 Å². The molecular formula is H12I6Si2. The molecule has 0 N–H and O–H groups in total. The van der Waals surface area contributed by atoms with E-state index in [2.05, 4.69) is 0 Å². The molecule has 0 saturated carbocycles. The molecular weight excluding hydrogens is 818 g/mol. The molecule has 0 fully saturated rings. The molecule has 0 radical (unpaired) electrons. The molecule has 0 nitrogen and oxygen atoms in total. The van der Waals surface area contributed by atoms with Gasteiger partial charge in [-0.25, -0.2) is 0 Å². The van der Waals surface area contributed by atoms with Crippen LogP contribution in [0.15, 0.2) is 0 Å². The molecule has 0 unspecified atom stereocenters. The second kappa shape index (κ2) is 59.6. The standard InChI is InChI=1S/6HI.H6Si2/c;;;;;;1-2/h6*1H;1-2H3. The zero-order valence-electron chi connectivity index (χ0n) is 4.45. The quantitative estimate of drug-likeness (QED) is 0.256. The minimum Gasteiger partial charge on any atom is -0.107 e. The normalized spacial score (nSPS) is 1.50. The van der Waals surface area contributed by atoms with Gasteiger partial charge in [-0.2, -0.15) is 0 Å². The second-order valence-electron chi connectivity index (χ2n) is 0. The van der Waals surface area contributed by atoms with E-state index in [1.54, 1.807) is 0 Å². The van der Waals surface area contributed by atoms with Gasteiger partial charge < -0.3 is 0 Å². The molecule has 0 bridgehead atoms. The molecule has 0 heterocycles. The molecule has 0 aromatic heterocycles. The van der Waals surface area contributed by atoms with Crippen molar-refractivity contribution in [3.05, 3.63) is 0 Å². The van der Waals surface area contributed by atoms with Gasteiger partial charge in [0.15, 0.2) is 0 Å². The van der Waals surface area contributed by atoms with Crippen LogP contribution < -0.4 is 0 Å². The molecule has 0 atom stereocenters. The zero-order chi connectivity index (χ0) is 2.00. The lowest BCUT2D eigenvalue weighted by Gasteiger charge is -1.01. The minimum atomic E-state index is 0. The first-order valence-corrected chi connectivity index (χ1v) is 9.00. The fourth-order valence-electron chi connectivity index (χ4n) is 0. The number of halogens is 6. The molecule has 0 aromatic rings. The van der Waals surface area contributed by atoms with E-state index in [0.29, 0.717) is 0 Å². The lowest BCUT2D eigenvalue weighted by molar-refractivity contribution is 4.75. The van der Waals surface area contributed by atoms with Crippen LogP contribution >= 0.6 is 144 Å². The van der Waals surface area contributed by atoms with Crippen molar-refractivity contribution < 1.29 is 0 Å². The smallest absolute Gasteiger partial charge is 0.0125 e. The van der Waals surface area contributed by atoms with Gasteiger partial charge in [-0.3, -0.25) is 0 Å². The highest BCUT2D eigenvalue weighted by Crippen LogP contribution is 0.891. The maximum absolute atomic E-state index is 1.44. The molecule has 0 saturated heterocycles. The summed E-state index contributed by atoms with van der Waals surface area (Å²) in [6, 6.07) is 0. The van der Waals surface area contributed by atoms with Gasteiger partial charge >= 0.3 is 0 Å². The molecule has 0 aliphatic rings. The Bertz CT molecular complexity index is 6.49. The summed E-state index contributed by atoms with van der Waals surface area (Å²) in [7, 11) is 2.89. The molecule has 0 rings (SSSR count). The van der Waals surface area contributed by atoms with Gasteiger partial charge in [0, 0.05) is 0 Å². The maximum atomic E-state index is 1.44. The Morgan fingerprint density at radius 2 is 0.375 bits per heavy atom. The van der Waals surface area contributed by atoms with Crippen LogP contribution in [0, 0.1) is 0 Å². The zero-order valence-corrected chi connectivity index (χ0v) is 22.4. The van der Waals surface area contributed by atoms with Crippen LogP contribution in [0.3, 0.4) is 0 Å². The number of rotatable bonds is 0. The summed E-state index contributed by atoms with van der Waals surface area (Å²) < 4.78 is 0. The average Bonchev–Trinajstić information content (AvgIpc) is 1.00. The first-order valence-electron chi connectivity index (χ1n) is 1.00. The Balaban J connectivity index is -0.000000000333. The Morgan fingerprint density at radius 3 is 0.375 bits per heavy atom. The highest BCUT2D eigenvalue weighted by molar-refractivity contribution is 14.0. The maximum Gasteiger partial charge on any atom is -0.0125 e. The highest BCUT2D eigenvalue weighted by atomic mass is 127.